The lowest BCUT2D eigenvalue weighted by atomic mass is 10.2. The van der Waals surface area contributed by atoms with Crippen molar-refractivity contribution < 1.29 is 14.3 Å². The van der Waals surface area contributed by atoms with Crippen LogP contribution in [0, 0.1) is 6.92 Å². The van der Waals surface area contributed by atoms with Crippen molar-refractivity contribution in [3.05, 3.63) is 81.2 Å². The molecule has 0 aliphatic rings. The first kappa shape index (κ1) is 21.3. The highest BCUT2D eigenvalue weighted by atomic mass is 35.5. The molecule has 3 rings (SSSR count). The quantitative estimate of drug-likeness (QED) is 0.608. The second-order valence-electron chi connectivity index (χ2n) is 6.50. The van der Waals surface area contributed by atoms with E-state index in [2.05, 4.69) is 10.3 Å². The number of hydrogen-bond acceptors (Lipinski definition) is 5. The van der Waals surface area contributed by atoms with Gasteiger partial charge in [0.05, 0.1) is 12.2 Å². The van der Waals surface area contributed by atoms with Gasteiger partial charge < -0.3 is 10.1 Å². The summed E-state index contributed by atoms with van der Waals surface area (Å²) in [6.45, 7) is 3.50. The third-order valence-electron chi connectivity index (χ3n) is 4.20. The van der Waals surface area contributed by atoms with Crippen LogP contribution in [0.1, 0.15) is 23.0 Å². The molecule has 1 amide bonds. The highest BCUT2D eigenvalue weighted by Crippen LogP contribution is 2.20. The minimum atomic E-state index is -0.432. The number of nitrogens with zero attached hydrogens (tertiary/aromatic N) is 2. The lowest BCUT2D eigenvalue weighted by Gasteiger charge is -2.13. The molecule has 30 heavy (non-hydrogen) atoms. The predicted octanol–water partition coefficient (Wildman–Crippen LogP) is 3.69. The Morgan fingerprint density at radius 3 is 2.53 bits per heavy atom. The van der Waals surface area contributed by atoms with Gasteiger partial charge in [0.25, 0.3) is 5.56 Å². The fourth-order valence-corrected chi connectivity index (χ4v) is 3.06. The first-order chi connectivity index (χ1) is 14.4. The summed E-state index contributed by atoms with van der Waals surface area (Å²) in [4.78, 5) is 41.3. The van der Waals surface area contributed by atoms with Crippen molar-refractivity contribution in [3.8, 4) is 11.4 Å². The highest BCUT2D eigenvalue weighted by molar-refractivity contribution is 6.30. The molecule has 3 aromatic rings. The van der Waals surface area contributed by atoms with Gasteiger partial charge in [-0.25, -0.2) is 9.78 Å². The topological polar surface area (TPSA) is 90.3 Å². The number of esters is 1. The molecular weight excluding hydrogens is 406 g/mol. The molecule has 154 valence electrons. The fourth-order valence-electron chi connectivity index (χ4n) is 2.87. The molecule has 0 aliphatic carbocycles. The summed E-state index contributed by atoms with van der Waals surface area (Å²) in [7, 11) is 0. The first-order valence-corrected chi connectivity index (χ1v) is 9.66. The van der Waals surface area contributed by atoms with Gasteiger partial charge in [0.15, 0.2) is 0 Å². The summed E-state index contributed by atoms with van der Waals surface area (Å²) in [5.41, 5.74) is 1.71. The van der Waals surface area contributed by atoms with E-state index < -0.39 is 11.9 Å². The number of anilines is 1. The Balaban J connectivity index is 1.82. The van der Waals surface area contributed by atoms with Crippen LogP contribution in [-0.4, -0.2) is 28.0 Å². The normalized spacial score (nSPS) is 10.5. The van der Waals surface area contributed by atoms with Crippen LogP contribution in [0.4, 0.5) is 5.69 Å². The lowest BCUT2D eigenvalue weighted by molar-refractivity contribution is -0.116. The predicted molar refractivity (Wildman–Crippen MR) is 115 cm³/mol. The summed E-state index contributed by atoms with van der Waals surface area (Å²) < 4.78 is 6.23. The Labute approximate surface area is 178 Å². The SMILES string of the molecule is CCOC(=O)c1ccc(NC(=O)Cn2c(-c3cccc(Cl)c3)nc(C)cc2=O)cc1. The van der Waals surface area contributed by atoms with Crippen LogP contribution in [0.15, 0.2) is 59.4 Å². The number of halogens is 1. The molecule has 1 aromatic heterocycles. The van der Waals surface area contributed by atoms with Crippen LogP contribution in [0.3, 0.4) is 0 Å². The van der Waals surface area contributed by atoms with E-state index in [0.717, 1.165) is 0 Å². The number of carbonyl (C=O) groups excluding carboxylic acids is 2. The number of rotatable bonds is 6. The molecule has 2 aromatic carbocycles. The van der Waals surface area contributed by atoms with Crippen LogP contribution in [0.2, 0.25) is 5.02 Å². The summed E-state index contributed by atoms with van der Waals surface area (Å²) in [5.74, 6) is -0.482. The molecule has 0 atom stereocenters. The van der Waals surface area contributed by atoms with E-state index in [1.807, 2.05) is 0 Å². The van der Waals surface area contributed by atoms with Gasteiger partial charge >= 0.3 is 5.97 Å². The average molecular weight is 426 g/mol. The number of aromatic nitrogens is 2. The number of aryl methyl sites for hydroxylation is 1. The molecule has 0 fully saturated rings. The molecule has 1 heterocycles. The third-order valence-corrected chi connectivity index (χ3v) is 4.44. The van der Waals surface area contributed by atoms with Crippen molar-refractivity contribution in [2.45, 2.75) is 20.4 Å². The zero-order valence-corrected chi connectivity index (χ0v) is 17.3. The zero-order chi connectivity index (χ0) is 21.7. The number of hydrogen-bond donors (Lipinski definition) is 1. The summed E-state index contributed by atoms with van der Waals surface area (Å²) in [5, 5.41) is 3.22. The molecule has 7 nitrogen and oxygen atoms in total. The van der Waals surface area contributed by atoms with Gasteiger partial charge in [-0.1, -0.05) is 23.7 Å². The van der Waals surface area contributed by atoms with Gasteiger partial charge in [-0.2, -0.15) is 0 Å². The van der Waals surface area contributed by atoms with E-state index in [9.17, 15) is 14.4 Å². The Kier molecular flexibility index (Phi) is 6.64. The maximum atomic E-state index is 12.6. The zero-order valence-electron chi connectivity index (χ0n) is 16.5. The second kappa shape index (κ2) is 9.37. The van der Waals surface area contributed by atoms with Gasteiger partial charge in [-0.3, -0.25) is 14.2 Å². The molecule has 0 radical (unpaired) electrons. The monoisotopic (exact) mass is 425 g/mol. The van der Waals surface area contributed by atoms with Gasteiger partial charge in [-0.05, 0) is 50.2 Å². The first-order valence-electron chi connectivity index (χ1n) is 9.29. The molecule has 0 spiro atoms. The van der Waals surface area contributed by atoms with E-state index in [1.54, 1.807) is 62.4 Å². The average Bonchev–Trinajstić information content (AvgIpc) is 2.70. The van der Waals surface area contributed by atoms with Crippen LogP contribution in [-0.2, 0) is 16.1 Å². The van der Waals surface area contributed by atoms with Gasteiger partial charge in [0.1, 0.15) is 12.4 Å². The van der Waals surface area contributed by atoms with Gasteiger partial charge in [0, 0.05) is 28.0 Å². The lowest BCUT2D eigenvalue weighted by Crippen LogP contribution is -2.29. The maximum Gasteiger partial charge on any atom is 0.338 e. The summed E-state index contributed by atoms with van der Waals surface area (Å²) in [6, 6.07) is 14.6. The van der Waals surface area contributed by atoms with E-state index in [4.69, 9.17) is 16.3 Å². The van der Waals surface area contributed by atoms with Gasteiger partial charge in [-0.15, -0.1) is 0 Å². The smallest absolute Gasteiger partial charge is 0.338 e. The van der Waals surface area contributed by atoms with Gasteiger partial charge in [0.2, 0.25) is 5.91 Å². The second-order valence-corrected chi connectivity index (χ2v) is 6.94. The molecule has 0 saturated carbocycles. The van der Waals surface area contributed by atoms with Crippen molar-refractivity contribution in [1.29, 1.82) is 0 Å². The Bertz CT molecular complexity index is 1140. The molecular formula is C22H20ClN3O4. The molecule has 1 N–H and O–H groups in total. The van der Waals surface area contributed by atoms with Crippen molar-refractivity contribution in [3.63, 3.8) is 0 Å². The van der Waals surface area contributed by atoms with Crippen molar-refractivity contribution >= 4 is 29.2 Å². The largest absolute Gasteiger partial charge is 0.462 e. The minimum Gasteiger partial charge on any atom is -0.462 e. The fraction of sp³-hybridized carbons (Fsp3) is 0.182. The number of amides is 1. The number of benzene rings is 2. The number of ether oxygens (including phenoxy) is 1. The standard InChI is InChI=1S/C22H20ClN3O4/c1-3-30-22(29)15-7-9-18(10-8-15)25-19(27)13-26-20(28)11-14(2)24-21(26)16-5-4-6-17(23)12-16/h4-12H,3,13H2,1-2H3,(H,25,27). The number of nitrogens with one attached hydrogen (secondary N) is 1. The van der Waals surface area contributed by atoms with Crippen molar-refractivity contribution in [2.24, 2.45) is 0 Å². The number of carbonyl (C=O) groups is 2. The van der Waals surface area contributed by atoms with E-state index in [1.165, 1.54) is 10.6 Å². The molecule has 0 aliphatic heterocycles. The molecule has 0 unspecified atom stereocenters. The van der Waals surface area contributed by atoms with Crippen LogP contribution >= 0.6 is 11.6 Å². The van der Waals surface area contributed by atoms with Crippen LogP contribution in [0.5, 0.6) is 0 Å². The summed E-state index contributed by atoms with van der Waals surface area (Å²) >= 11 is 6.07. The Morgan fingerprint density at radius 1 is 1.13 bits per heavy atom. The van der Waals surface area contributed by atoms with Crippen molar-refractivity contribution in [2.75, 3.05) is 11.9 Å². The van der Waals surface area contributed by atoms with Crippen LogP contribution < -0.4 is 10.9 Å². The maximum absolute atomic E-state index is 12.6. The van der Waals surface area contributed by atoms with E-state index in [-0.39, 0.29) is 18.7 Å². The minimum absolute atomic E-state index is 0.229. The molecule has 0 saturated heterocycles. The Hall–Kier alpha value is -3.45. The highest BCUT2D eigenvalue weighted by Gasteiger charge is 2.14. The molecule has 0 bridgehead atoms. The van der Waals surface area contributed by atoms with Crippen molar-refractivity contribution in [1.82, 2.24) is 9.55 Å². The Morgan fingerprint density at radius 2 is 1.87 bits per heavy atom. The van der Waals surface area contributed by atoms with E-state index >= 15 is 0 Å². The molecule has 8 heteroatoms. The van der Waals surface area contributed by atoms with Crippen LogP contribution in [0.25, 0.3) is 11.4 Å². The summed E-state index contributed by atoms with van der Waals surface area (Å²) in [6.07, 6.45) is 0. The third kappa shape index (κ3) is 5.12. The van der Waals surface area contributed by atoms with E-state index in [0.29, 0.717) is 33.4 Å².